The summed E-state index contributed by atoms with van der Waals surface area (Å²) in [6, 6.07) is -4.72. The van der Waals surface area contributed by atoms with Gasteiger partial charge in [0.05, 0.1) is 12.1 Å². The third-order valence-corrected chi connectivity index (χ3v) is 4.28. The molecule has 11 N–H and O–H groups in total. The number of thiol groups is 1. The van der Waals surface area contributed by atoms with Crippen molar-refractivity contribution in [2.45, 2.75) is 57.0 Å². The van der Waals surface area contributed by atoms with Crippen molar-refractivity contribution in [3.8, 4) is 0 Å². The van der Waals surface area contributed by atoms with Gasteiger partial charge >= 0.3 is 5.97 Å². The first-order valence-electron chi connectivity index (χ1n) is 9.14. The Kier molecular flexibility index (Phi) is 12.4. The molecule has 0 aliphatic rings. The Balaban J connectivity index is 4.82. The Morgan fingerprint density at radius 3 is 2.10 bits per heavy atom. The quantitative estimate of drug-likeness (QED) is 0.0580. The Morgan fingerprint density at radius 2 is 1.63 bits per heavy atom. The second-order valence-corrected chi connectivity index (χ2v) is 6.96. The lowest BCUT2D eigenvalue weighted by Gasteiger charge is -2.25. The minimum atomic E-state index is -1.38. The first-order valence-corrected chi connectivity index (χ1v) is 9.77. The van der Waals surface area contributed by atoms with Gasteiger partial charge in [-0.2, -0.15) is 12.6 Å². The lowest BCUT2D eigenvalue weighted by molar-refractivity contribution is -0.141. The van der Waals surface area contributed by atoms with Crippen LogP contribution in [0.4, 0.5) is 0 Å². The van der Waals surface area contributed by atoms with E-state index in [-0.39, 0.29) is 24.7 Å². The molecule has 0 spiro atoms. The summed E-state index contributed by atoms with van der Waals surface area (Å²) in [6.45, 7) is 2.88. The molecule has 0 aromatic rings. The van der Waals surface area contributed by atoms with Crippen LogP contribution in [0.15, 0.2) is 4.99 Å². The number of aliphatic imine (C=N–C) groups is 1. The average molecular weight is 450 g/mol. The number of guanidine groups is 1. The zero-order valence-corrected chi connectivity index (χ0v) is 17.8. The highest BCUT2D eigenvalue weighted by Gasteiger charge is 2.30. The van der Waals surface area contributed by atoms with Crippen LogP contribution >= 0.6 is 12.6 Å². The second-order valence-electron chi connectivity index (χ2n) is 6.59. The highest BCUT2D eigenvalue weighted by molar-refractivity contribution is 7.80. The van der Waals surface area contributed by atoms with Gasteiger partial charge in [-0.15, -0.1) is 0 Å². The summed E-state index contributed by atoms with van der Waals surface area (Å²) in [7, 11) is 0. The Bertz CT molecular complexity index is 642. The molecule has 0 bridgehead atoms. The van der Waals surface area contributed by atoms with Crippen LogP contribution in [-0.2, 0) is 19.2 Å². The van der Waals surface area contributed by atoms with Crippen molar-refractivity contribution in [1.29, 1.82) is 0 Å². The standard InChI is InChI=1S/C16H31N7O6S/c1-7(12(25)22-10(6-30)15(28)29)21-14(27)11(8(2)24)23-13(26)9(17)4-3-5-20-16(18)19/h7-11,24,30H,3-6,17H2,1-2H3,(H,21,27)(H,22,25)(H,23,26)(H,28,29)(H4,18,19,20). The van der Waals surface area contributed by atoms with E-state index in [9.17, 15) is 24.3 Å². The summed E-state index contributed by atoms with van der Waals surface area (Å²) in [6.07, 6.45) is -0.636. The highest BCUT2D eigenvalue weighted by atomic mass is 32.1. The van der Waals surface area contributed by atoms with Crippen LogP contribution < -0.4 is 33.2 Å². The number of rotatable bonds is 13. The molecule has 172 valence electrons. The maximum Gasteiger partial charge on any atom is 0.327 e. The van der Waals surface area contributed by atoms with Crippen molar-refractivity contribution in [3.63, 3.8) is 0 Å². The number of nitrogens with one attached hydrogen (secondary N) is 3. The summed E-state index contributed by atoms with van der Waals surface area (Å²) in [5.41, 5.74) is 16.2. The van der Waals surface area contributed by atoms with Crippen LogP contribution in [-0.4, -0.2) is 82.4 Å². The third kappa shape index (κ3) is 10.3. The number of nitrogens with zero attached hydrogens (tertiary/aromatic N) is 1. The van der Waals surface area contributed by atoms with Gasteiger partial charge in [0.2, 0.25) is 17.7 Å². The Hall–Kier alpha value is -2.58. The number of aliphatic hydroxyl groups is 1. The van der Waals surface area contributed by atoms with Crippen LogP contribution in [0.1, 0.15) is 26.7 Å². The Labute approximate surface area is 179 Å². The van der Waals surface area contributed by atoms with Gasteiger partial charge in [-0.1, -0.05) is 0 Å². The number of aliphatic carboxylic acids is 1. The topological polar surface area (TPSA) is 235 Å². The van der Waals surface area contributed by atoms with Gasteiger partial charge in [-0.25, -0.2) is 4.79 Å². The molecule has 0 heterocycles. The minimum absolute atomic E-state index is 0.0823. The van der Waals surface area contributed by atoms with Crippen molar-refractivity contribution >= 4 is 42.3 Å². The maximum atomic E-state index is 12.4. The summed E-state index contributed by atoms with van der Waals surface area (Å²) in [5.74, 6) is -3.79. The molecule has 14 heteroatoms. The number of carboxylic acid groups (broad SMARTS) is 1. The van der Waals surface area contributed by atoms with Gasteiger partial charge in [-0.05, 0) is 26.7 Å². The van der Waals surface area contributed by atoms with Crippen molar-refractivity contribution in [2.24, 2.45) is 22.2 Å². The van der Waals surface area contributed by atoms with Crippen molar-refractivity contribution in [2.75, 3.05) is 12.3 Å². The van der Waals surface area contributed by atoms with Crippen molar-refractivity contribution in [1.82, 2.24) is 16.0 Å². The fourth-order valence-corrected chi connectivity index (χ4v) is 2.41. The zero-order chi connectivity index (χ0) is 23.4. The second kappa shape index (κ2) is 13.6. The van der Waals surface area contributed by atoms with E-state index < -0.39 is 54.0 Å². The fraction of sp³-hybridized carbons (Fsp3) is 0.688. The molecule has 0 radical (unpaired) electrons. The number of hydrogen-bond donors (Lipinski definition) is 9. The number of nitrogens with two attached hydrogens (primary N) is 3. The van der Waals surface area contributed by atoms with Crippen LogP contribution in [0.5, 0.6) is 0 Å². The predicted molar refractivity (Wildman–Crippen MR) is 113 cm³/mol. The number of hydrogen-bond acceptors (Lipinski definition) is 8. The largest absolute Gasteiger partial charge is 0.480 e. The number of amides is 3. The molecule has 0 rings (SSSR count). The monoisotopic (exact) mass is 449 g/mol. The molecule has 0 aromatic heterocycles. The summed E-state index contributed by atoms with van der Waals surface area (Å²) < 4.78 is 0. The Morgan fingerprint density at radius 1 is 1.03 bits per heavy atom. The van der Waals surface area contributed by atoms with Gasteiger partial charge in [0.25, 0.3) is 0 Å². The number of aliphatic hydroxyl groups excluding tert-OH is 1. The predicted octanol–water partition coefficient (Wildman–Crippen LogP) is -3.76. The van der Waals surface area contributed by atoms with Gasteiger partial charge < -0.3 is 43.4 Å². The molecule has 3 amide bonds. The molecule has 0 aliphatic carbocycles. The molecule has 0 fully saturated rings. The summed E-state index contributed by atoms with van der Waals surface area (Å²) in [4.78, 5) is 51.4. The molecule has 30 heavy (non-hydrogen) atoms. The van der Waals surface area contributed by atoms with Crippen molar-refractivity contribution < 1.29 is 29.4 Å². The third-order valence-electron chi connectivity index (χ3n) is 3.92. The van der Waals surface area contributed by atoms with Crippen LogP contribution in [0.25, 0.3) is 0 Å². The molecule has 13 nitrogen and oxygen atoms in total. The SMILES string of the molecule is CC(NC(=O)C(NC(=O)C(N)CCCN=C(N)N)C(C)O)C(=O)NC(CS)C(=O)O. The average Bonchev–Trinajstić information content (AvgIpc) is 2.65. The number of carbonyl (C=O) groups excluding carboxylic acids is 3. The van der Waals surface area contributed by atoms with E-state index in [0.717, 1.165) is 0 Å². The first kappa shape index (κ1) is 27.4. The smallest absolute Gasteiger partial charge is 0.327 e. The lowest BCUT2D eigenvalue weighted by Crippen LogP contribution is -2.59. The maximum absolute atomic E-state index is 12.4. The van der Waals surface area contributed by atoms with Gasteiger partial charge in [0.15, 0.2) is 5.96 Å². The van der Waals surface area contributed by atoms with E-state index in [2.05, 4.69) is 33.6 Å². The fourth-order valence-electron chi connectivity index (χ4n) is 2.17. The molecular weight excluding hydrogens is 418 g/mol. The first-order chi connectivity index (χ1) is 13.9. The van der Waals surface area contributed by atoms with Crippen LogP contribution in [0.3, 0.4) is 0 Å². The molecule has 0 aliphatic heterocycles. The van der Waals surface area contributed by atoms with E-state index in [1.165, 1.54) is 13.8 Å². The van der Waals surface area contributed by atoms with Crippen LogP contribution in [0, 0.1) is 0 Å². The normalized spacial score (nSPS) is 15.6. The summed E-state index contributed by atoms with van der Waals surface area (Å²) >= 11 is 3.83. The van der Waals surface area contributed by atoms with Gasteiger partial charge in [0.1, 0.15) is 18.1 Å². The molecular formula is C16H31N7O6S. The number of carboxylic acids is 1. The number of carbonyl (C=O) groups is 4. The van der Waals surface area contributed by atoms with E-state index in [0.29, 0.717) is 6.42 Å². The molecule has 0 saturated heterocycles. The highest BCUT2D eigenvalue weighted by Crippen LogP contribution is 2.00. The van der Waals surface area contributed by atoms with Gasteiger partial charge in [0, 0.05) is 12.3 Å². The zero-order valence-electron chi connectivity index (χ0n) is 16.9. The van der Waals surface area contributed by atoms with Gasteiger partial charge in [-0.3, -0.25) is 19.4 Å². The summed E-state index contributed by atoms with van der Waals surface area (Å²) in [5, 5.41) is 25.6. The molecule has 5 unspecified atom stereocenters. The lowest BCUT2D eigenvalue weighted by atomic mass is 10.1. The van der Waals surface area contributed by atoms with E-state index >= 15 is 0 Å². The van der Waals surface area contributed by atoms with E-state index in [4.69, 9.17) is 22.3 Å². The van der Waals surface area contributed by atoms with Crippen molar-refractivity contribution in [3.05, 3.63) is 0 Å². The molecule has 0 aromatic carbocycles. The molecule has 0 saturated carbocycles. The van der Waals surface area contributed by atoms with E-state index in [1.54, 1.807) is 0 Å². The van der Waals surface area contributed by atoms with Crippen LogP contribution in [0.2, 0.25) is 0 Å². The molecule has 5 atom stereocenters. The minimum Gasteiger partial charge on any atom is -0.480 e. The van der Waals surface area contributed by atoms with E-state index in [1.807, 2.05) is 0 Å².